The fourth-order valence-corrected chi connectivity index (χ4v) is 2.63. The predicted molar refractivity (Wildman–Crippen MR) is 66.9 cm³/mol. The number of carbonyl (C=O) groups is 1. The second kappa shape index (κ2) is 5.71. The van der Waals surface area contributed by atoms with Gasteiger partial charge >= 0.3 is 6.09 Å². The van der Waals surface area contributed by atoms with E-state index >= 15 is 0 Å². The summed E-state index contributed by atoms with van der Waals surface area (Å²) in [4.78, 5) is 13.7. The predicted octanol–water partition coefficient (Wildman–Crippen LogP) is 1.85. The number of carbonyl (C=O) groups excluding carboxylic acids is 1. The number of rotatable bonds is 3. The molecule has 2 aliphatic rings. The summed E-state index contributed by atoms with van der Waals surface area (Å²) in [5.74, 6) is 1.45. The Morgan fingerprint density at radius 3 is 2.59 bits per heavy atom. The summed E-state index contributed by atoms with van der Waals surface area (Å²) < 4.78 is 5.50. The number of hydrogen-bond donors (Lipinski definition) is 1. The highest BCUT2D eigenvalue weighted by Crippen LogP contribution is 2.30. The van der Waals surface area contributed by atoms with E-state index in [1.807, 2.05) is 11.9 Å². The second-order valence-electron chi connectivity index (χ2n) is 5.57. The van der Waals surface area contributed by atoms with Crippen molar-refractivity contribution in [2.24, 2.45) is 11.8 Å². The highest BCUT2D eigenvalue weighted by molar-refractivity contribution is 5.68. The molecule has 0 spiro atoms. The number of nitrogens with one attached hydrogen (secondary N) is 1. The molecule has 0 aromatic carbocycles. The van der Waals surface area contributed by atoms with Crippen molar-refractivity contribution in [3.63, 3.8) is 0 Å². The largest absolute Gasteiger partial charge is 0.446 e. The van der Waals surface area contributed by atoms with E-state index in [4.69, 9.17) is 4.74 Å². The summed E-state index contributed by atoms with van der Waals surface area (Å²) >= 11 is 0. The Hall–Kier alpha value is -0.770. The lowest BCUT2D eigenvalue weighted by atomic mass is 9.82. The summed E-state index contributed by atoms with van der Waals surface area (Å²) in [6.45, 7) is 5.02. The van der Waals surface area contributed by atoms with Crippen LogP contribution < -0.4 is 5.32 Å². The van der Waals surface area contributed by atoms with Crippen LogP contribution in [0, 0.1) is 11.8 Å². The molecule has 0 radical (unpaired) electrons. The monoisotopic (exact) mass is 240 g/mol. The Labute approximate surface area is 104 Å². The van der Waals surface area contributed by atoms with Gasteiger partial charge in [-0.15, -0.1) is 0 Å². The molecule has 0 unspecified atom stereocenters. The third kappa shape index (κ3) is 3.35. The maximum Gasteiger partial charge on any atom is 0.410 e. The first-order valence-electron chi connectivity index (χ1n) is 6.79. The number of ether oxygens (including phenoxy) is 1. The van der Waals surface area contributed by atoms with Crippen LogP contribution in [-0.2, 0) is 4.74 Å². The van der Waals surface area contributed by atoms with Gasteiger partial charge in [-0.2, -0.15) is 0 Å². The molecule has 4 heteroatoms. The molecule has 1 aliphatic carbocycles. The number of likely N-dealkylation sites (tertiary alicyclic amines) is 1. The van der Waals surface area contributed by atoms with Gasteiger partial charge in [0.1, 0.15) is 6.10 Å². The van der Waals surface area contributed by atoms with Crippen molar-refractivity contribution in [3.8, 4) is 0 Å². The topological polar surface area (TPSA) is 41.6 Å². The number of nitrogens with zero attached hydrogens (tertiary/aromatic N) is 1. The average Bonchev–Trinajstić information content (AvgIpc) is 2.27. The number of piperidine rings is 1. The number of amides is 1. The van der Waals surface area contributed by atoms with E-state index in [0.29, 0.717) is 5.92 Å². The van der Waals surface area contributed by atoms with Crippen LogP contribution in [0.5, 0.6) is 0 Å². The lowest BCUT2D eigenvalue weighted by Crippen LogP contribution is -2.44. The summed E-state index contributed by atoms with van der Waals surface area (Å²) in [5, 5.41) is 3.16. The first kappa shape index (κ1) is 12.7. The summed E-state index contributed by atoms with van der Waals surface area (Å²) in [7, 11) is 1.97. The molecule has 2 rings (SSSR count). The van der Waals surface area contributed by atoms with Gasteiger partial charge < -0.3 is 15.0 Å². The van der Waals surface area contributed by atoms with Crippen molar-refractivity contribution >= 4 is 6.09 Å². The SMILES string of the molecule is CNCC1CC(OC(=O)N2CCC(C)CC2)C1. The van der Waals surface area contributed by atoms with Crippen molar-refractivity contribution in [2.75, 3.05) is 26.7 Å². The third-order valence-electron chi connectivity index (χ3n) is 3.99. The van der Waals surface area contributed by atoms with Gasteiger partial charge in [0.15, 0.2) is 0 Å². The summed E-state index contributed by atoms with van der Waals surface area (Å²) in [6.07, 6.45) is 4.35. The van der Waals surface area contributed by atoms with Crippen LogP contribution in [0.1, 0.15) is 32.6 Å². The lowest BCUT2D eigenvalue weighted by Gasteiger charge is -2.37. The van der Waals surface area contributed by atoms with Crippen LogP contribution in [0.3, 0.4) is 0 Å². The fourth-order valence-electron chi connectivity index (χ4n) is 2.63. The Kier molecular flexibility index (Phi) is 4.26. The van der Waals surface area contributed by atoms with Crippen LogP contribution in [-0.4, -0.2) is 43.8 Å². The van der Waals surface area contributed by atoms with Crippen LogP contribution in [0.15, 0.2) is 0 Å². The minimum Gasteiger partial charge on any atom is -0.446 e. The lowest BCUT2D eigenvalue weighted by molar-refractivity contribution is -0.00470. The fraction of sp³-hybridized carbons (Fsp3) is 0.923. The maximum atomic E-state index is 11.9. The molecular formula is C13H24N2O2. The van der Waals surface area contributed by atoms with E-state index in [0.717, 1.165) is 51.2 Å². The standard InChI is InChI=1S/C13H24N2O2/c1-10-3-5-15(6-4-10)13(16)17-12-7-11(8-12)9-14-2/h10-12,14H,3-9H2,1-2H3. The van der Waals surface area contributed by atoms with Crippen molar-refractivity contribution < 1.29 is 9.53 Å². The zero-order valence-electron chi connectivity index (χ0n) is 10.9. The number of hydrogen-bond acceptors (Lipinski definition) is 3. The summed E-state index contributed by atoms with van der Waals surface area (Å²) in [5.41, 5.74) is 0. The molecular weight excluding hydrogens is 216 g/mol. The molecule has 1 amide bonds. The molecule has 4 nitrogen and oxygen atoms in total. The zero-order valence-corrected chi connectivity index (χ0v) is 10.9. The molecule has 1 aliphatic heterocycles. The van der Waals surface area contributed by atoms with Crippen LogP contribution in [0.25, 0.3) is 0 Å². The highest BCUT2D eigenvalue weighted by Gasteiger charge is 2.33. The van der Waals surface area contributed by atoms with Gasteiger partial charge in [-0.05, 0) is 51.1 Å². The Balaban J connectivity index is 1.65. The highest BCUT2D eigenvalue weighted by atomic mass is 16.6. The van der Waals surface area contributed by atoms with Crippen molar-refractivity contribution in [3.05, 3.63) is 0 Å². The first-order chi connectivity index (χ1) is 8.19. The second-order valence-corrected chi connectivity index (χ2v) is 5.57. The van der Waals surface area contributed by atoms with Gasteiger partial charge in [0.2, 0.25) is 0 Å². The van der Waals surface area contributed by atoms with E-state index in [-0.39, 0.29) is 12.2 Å². The average molecular weight is 240 g/mol. The van der Waals surface area contributed by atoms with Crippen molar-refractivity contribution in [2.45, 2.75) is 38.7 Å². The molecule has 2 fully saturated rings. The van der Waals surface area contributed by atoms with Gasteiger partial charge in [0.25, 0.3) is 0 Å². The smallest absolute Gasteiger partial charge is 0.410 e. The molecule has 98 valence electrons. The van der Waals surface area contributed by atoms with Gasteiger partial charge in [0, 0.05) is 13.1 Å². The van der Waals surface area contributed by atoms with E-state index < -0.39 is 0 Å². The first-order valence-corrected chi connectivity index (χ1v) is 6.79. The van der Waals surface area contributed by atoms with Gasteiger partial charge in [0.05, 0.1) is 0 Å². The minimum atomic E-state index is -0.0928. The maximum absolute atomic E-state index is 11.9. The molecule has 17 heavy (non-hydrogen) atoms. The quantitative estimate of drug-likeness (QED) is 0.818. The molecule has 1 saturated carbocycles. The zero-order chi connectivity index (χ0) is 12.3. The Morgan fingerprint density at radius 1 is 1.35 bits per heavy atom. The molecule has 0 atom stereocenters. The van der Waals surface area contributed by atoms with Crippen molar-refractivity contribution in [1.82, 2.24) is 10.2 Å². The van der Waals surface area contributed by atoms with Crippen molar-refractivity contribution in [1.29, 1.82) is 0 Å². The van der Waals surface area contributed by atoms with E-state index in [9.17, 15) is 4.79 Å². The molecule has 1 heterocycles. The van der Waals surface area contributed by atoms with Crippen LogP contribution >= 0.6 is 0 Å². The van der Waals surface area contributed by atoms with Gasteiger partial charge in [-0.25, -0.2) is 4.79 Å². The van der Waals surface area contributed by atoms with Gasteiger partial charge in [-0.3, -0.25) is 0 Å². The molecule has 0 aromatic rings. The molecule has 1 N–H and O–H groups in total. The van der Waals surface area contributed by atoms with E-state index in [1.165, 1.54) is 0 Å². The molecule has 0 aromatic heterocycles. The van der Waals surface area contributed by atoms with Crippen LogP contribution in [0.4, 0.5) is 4.79 Å². The Morgan fingerprint density at radius 2 is 2.00 bits per heavy atom. The third-order valence-corrected chi connectivity index (χ3v) is 3.99. The van der Waals surface area contributed by atoms with Crippen LogP contribution in [0.2, 0.25) is 0 Å². The Bertz CT molecular complexity index is 256. The van der Waals surface area contributed by atoms with Gasteiger partial charge in [-0.1, -0.05) is 6.92 Å². The normalized spacial score (nSPS) is 29.9. The van der Waals surface area contributed by atoms with E-state index in [2.05, 4.69) is 12.2 Å². The molecule has 0 bridgehead atoms. The minimum absolute atomic E-state index is 0.0928. The van der Waals surface area contributed by atoms with E-state index in [1.54, 1.807) is 0 Å². The molecule has 1 saturated heterocycles. The summed E-state index contributed by atoms with van der Waals surface area (Å²) in [6, 6.07) is 0.